The molecule has 3 fully saturated rings. The normalized spacial score (nSPS) is 23.8. The van der Waals surface area contributed by atoms with Gasteiger partial charge in [0.2, 0.25) is 0 Å². The summed E-state index contributed by atoms with van der Waals surface area (Å²) in [5.74, 6) is 2.08. The third-order valence-corrected chi connectivity index (χ3v) is 12.7. The highest BCUT2D eigenvalue weighted by molar-refractivity contribution is 6.07. The maximum atomic E-state index is 13.2. The lowest BCUT2D eigenvalue weighted by Gasteiger charge is -2.40. The third-order valence-electron chi connectivity index (χ3n) is 12.7. The first-order valence-electron chi connectivity index (χ1n) is 19.8. The van der Waals surface area contributed by atoms with E-state index in [-0.39, 0.29) is 29.8 Å². The van der Waals surface area contributed by atoms with Crippen LogP contribution in [0.3, 0.4) is 0 Å². The predicted molar refractivity (Wildman–Crippen MR) is 207 cm³/mol. The SMILES string of the molecule is O=C1CCC(N2Cc3cc(N4CCN(CC5CCN(c6ccc([C@H]7c8ccc(O)cc8CC[C@H]7c7ccccc7)nn6)CC5)CC4)ccc3C2=O)C(=O)C1. The molecule has 1 unspecified atom stereocenters. The molecule has 10 heteroatoms. The average molecular weight is 725 g/mol. The standard InChI is InChI=1S/C44H48N6O4/c51-34-8-12-37-31(25-34)6-10-36(30-4-2-1-3-5-30)43(37)39-13-15-42(46-45-39)49-18-16-29(17-19-49)27-47-20-22-48(23-21-47)33-7-11-38-32(24-33)28-50(44(38)54)40-14-9-35(52)26-41(40)53/h1-5,7-8,11-13,15,24-25,29,36,40,43,51H,6,9-10,14,16-23,26-28H2/t36-,40?,43+/m0/s1. The molecule has 10 nitrogen and oxygen atoms in total. The Balaban J connectivity index is 0.780. The Bertz CT molecular complexity index is 2040. The quantitative estimate of drug-likeness (QED) is 0.239. The van der Waals surface area contributed by atoms with Gasteiger partial charge in [0.1, 0.15) is 11.5 Å². The summed E-state index contributed by atoms with van der Waals surface area (Å²) in [6.07, 6.45) is 4.95. The van der Waals surface area contributed by atoms with Gasteiger partial charge in [0.25, 0.3) is 5.91 Å². The van der Waals surface area contributed by atoms with Gasteiger partial charge >= 0.3 is 0 Å². The minimum atomic E-state index is -0.481. The van der Waals surface area contributed by atoms with Crippen LogP contribution < -0.4 is 9.80 Å². The van der Waals surface area contributed by atoms with E-state index < -0.39 is 6.04 Å². The van der Waals surface area contributed by atoms with Crippen LogP contribution in [0.1, 0.15) is 88.7 Å². The van der Waals surface area contributed by atoms with Crippen LogP contribution in [0, 0.1) is 5.92 Å². The number of aryl methyl sites for hydroxylation is 1. The molecule has 9 rings (SSSR count). The first kappa shape index (κ1) is 34.7. The highest BCUT2D eigenvalue weighted by Gasteiger charge is 2.39. The molecule has 3 atom stereocenters. The zero-order valence-electron chi connectivity index (χ0n) is 30.8. The molecule has 0 spiro atoms. The number of rotatable bonds is 7. The minimum Gasteiger partial charge on any atom is -0.508 e. The van der Waals surface area contributed by atoms with Crippen molar-refractivity contribution in [2.24, 2.45) is 5.92 Å². The second-order valence-corrected chi connectivity index (χ2v) is 16.0. The summed E-state index contributed by atoms with van der Waals surface area (Å²) in [5.41, 5.74) is 7.54. The highest BCUT2D eigenvalue weighted by atomic mass is 16.3. The number of amides is 1. The van der Waals surface area contributed by atoms with Crippen LogP contribution in [0.2, 0.25) is 0 Å². The number of aromatic nitrogens is 2. The fourth-order valence-electron chi connectivity index (χ4n) is 9.77. The van der Waals surface area contributed by atoms with E-state index in [1.54, 1.807) is 11.0 Å². The van der Waals surface area contributed by atoms with Gasteiger partial charge in [0.15, 0.2) is 11.6 Å². The van der Waals surface area contributed by atoms with Crippen LogP contribution in [0.15, 0.2) is 78.9 Å². The number of benzene rings is 3. The van der Waals surface area contributed by atoms with Gasteiger partial charge in [-0.25, -0.2) is 0 Å². The summed E-state index contributed by atoms with van der Waals surface area (Å²) in [6.45, 7) is 7.40. The maximum absolute atomic E-state index is 13.2. The molecule has 0 radical (unpaired) electrons. The Morgan fingerprint density at radius 3 is 2.30 bits per heavy atom. The zero-order chi connectivity index (χ0) is 36.8. The van der Waals surface area contributed by atoms with E-state index in [4.69, 9.17) is 10.2 Å². The number of carbonyl (C=O) groups excluding carboxylic acids is 3. The number of phenolic OH excluding ortho intramolecular Hbond substituents is 1. The Hall–Kier alpha value is -5.09. The lowest BCUT2D eigenvalue weighted by atomic mass is 9.70. The Morgan fingerprint density at radius 2 is 1.54 bits per heavy atom. The fraction of sp³-hybridized carbons (Fsp3) is 0.432. The number of hydrogen-bond acceptors (Lipinski definition) is 9. The fourth-order valence-corrected chi connectivity index (χ4v) is 9.77. The molecular formula is C44H48N6O4. The van der Waals surface area contributed by atoms with Crippen molar-refractivity contribution < 1.29 is 19.5 Å². The average Bonchev–Trinajstić information content (AvgIpc) is 3.53. The van der Waals surface area contributed by atoms with Gasteiger partial charge < -0.3 is 19.8 Å². The zero-order valence-corrected chi connectivity index (χ0v) is 30.8. The smallest absolute Gasteiger partial charge is 0.255 e. The number of fused-ring (bicyclic) bond motifs is 2. The molecule has 2 aliphatic carbocycles. The van der Waals surface area contributed by atoms with Crippen molar-refractivity contribution in [1.82, 2.24) is 20.0 Å². The number of piperazine rings is 1. The second kappa shape index (κ2) is 14.6. The number of piperidine rings is 1. The van der Waals surface area contributed by atoms with Crippen LogP contribution in [0.5, 0.6) is 5.75 Å². The number of hydrogen-bond donors (Lipinski definition) is 1. The van der Waals surface area contributed by atoms with E-state index in [1.807, 2.05) is 12.1 Å². The van der Waals surface area contributed by atoms with Crippen LogP contribution in [0.25, 0.3) is 0 Å². The molecule has 4 heterocycles. The molecule has 4 aromatic rings. The van der Waals surface area contributed by atoms with E-state index in [2.05, 4.69) is 75.4 Å². The molecule has 1 saturated carbocycles. The Kier molecular flexibility index (Phi) is 9.39. The second-order valence-electron chi connectivity index (χ2n) is 16.0. The van der Waals surface area contributed by atoms with Gasteiger partial charge in [-0.2, -0.15) is 5.10 Å². The summed E-state index contributed by atoms with van der Waals surface area (Å²) in [6, 6.07) is 26.5. The van der Waals surface area contributed by atoms with Crippen molar-refractivity contribution in [1.29, 1.82) is 0 Å². The summed E-state index contributed by atoms with van der Waals surface area (Å²) in [4.78, 5) is 46.6. The molecule has 3 aromatic carbocycles. The maximum Gasteiger partial charge on any atom is 0.255 e. The molecule has 2 saturated heterocycles. The number of anilines is 2. The van der Waals surface area contributed by atoms with E-state index in [1.165, 1.54) is 16.7 Å². The Labute approximate surface area is 316 Å². The third kappa shape index (κ3) is 6.76. The van der Waals surface area contributed by atoms with Crippen molar-refractivity contribution >= 4 is 29.0 Å². The molecule has 1 aromatic heterocycles. The molecule has 278 valence electrons. The Morgan fingerprint density at radius 1 is 0.722 bits per heavy atom. The summed E-state index contributed by atoms with van der Waals surface area (Å²) in [5, 5.41) is 19.9. The van der Waals surface area contributed by atoms with Crippen LogP contribution >= 0.6 is 0 Å². The van der Waals surface area contributed by atoms with Crippen molar-refractivity contribution in [3.8, 4) is 5.75 Å². The highest BCUT2D eigenvalue weighted by Crippen LogP contribution is 2.46. The summed E-state index contributed by atoms with van der Waals surface area (Å²) < 4.78 is 0. The summed E-state index contributed by atoms with van der Waals surface area (Å²) in [7, 11) is 0. The van der Waals surface area contributed by atoms with Crippen molar-refractivity contribution in [3.63, 3.8) is 0 Å². The van der Waals surface area contributed by atoms with Gasteiger partial charge in [-0.3, -0.25) is 19.3 Å². The molecule has 0 bridgehead atoms. The minimum absolute atomic E-state index is 0.0215. The summed E-state index contributed by atoms with van der Waals surface area (Å²) >= 11 is 0. The molecule has 5 aliphatic rings. The molecule has 1 N–H and O–H groups in total. The predicted octanol–water partition coefficient (Wildman–Crippen LogP) is 5.73. The van der Waals surface area contributed by atoms with Gasteiger partial charge in [-0.05, 0) is 109 Å². The van der Waals surface area contributed by atoms with Crippen LogP contribution in [-0.2, 0) is 22.6 Å². The number of aromatic hydroxyl groups is 1. The van der Waals surface area contributed by atoms with Crippen molar-refractivity contribution in [2.45, 2.75) is 69.4 Å². The first-order chi connectivity index (χ1) is 26.4. The molecule has 1 amide bonds. The van der Waals surface area contributed by atoms with E-state index in [9.17, 15) is 19.5 Å². The van der Waals surface area contributed by atoms with Crippen molar-refractivity contribution in [3.05, 3.63) is 112 Å². The van der Waals surface area contributed by atoms with Crippen LogP contribution in [0.4, 0.5) is 11.5 Å². The lowest BCUT2D eigenvalue weighted by molar-refractivity contribution is -0.133. The number of nitrogens with zero attached hydrogens (tertiary/aromatic N) is 6. The van der Waals surface area contributed by atoms with Gasteiger partial charge in [0.05, 0.1) is 18.2 Å². The number of carbonyl (C=O) groups is 3. The lowest BCUT2D eigenvalue weighted by Crippen LogP contribution is -2.49. The van der Waals surface area contributed by atoms with Gasteiger partial charge in [-0.1, -0.05) is 36.4 Å². The van der Waals surface area contributed by atoms with E-state index >= 15 is 0 Å². The first-order valence-corrected chi connectivity index (χ1v) is 19.8. The molecule has 3 aliphatic heterocycles. The number of ketones is 2. The number of Topliss-reactive ketones (excluding diaryl/α,β-unsaturated/α-hetero) is 2. The van der Waals surface area contributed by atoms with Gasteiger partial charge in [0, 0.05) is 75.9 Å². The monoisotopic (exact) mass is 724 g/mol. The topological polar surface area (TPSA) is 110 Å². The van der Waals surface area contributed by atoms with Crippen LogP contribution in [-0.4, -0.2) is 94.4 Å². The van der Waals surface area contributed by atoms with Crippen molar-refractivity contribution in [2.75, 3.05) is 55.6 Å². The number of phenols is 1. The molecular weight excluding hydrogens is 677 g/mol. The molecule has 54 heavy (non-hydrogen) atoms. The van der Waals surface area contributed by atoms with E-state index in [0.29, 0.717) is 42.5 Å². The van der Waals surface area contributed by atoms with E-state index in [0.717, 1.165) is 94.3 Å². The van der Waals surface area contributed by atoms with Gasteiger partial charge in [-0.15, -0.1) is 5.10 Å². The largest absolute Gasteiger partial charge is 0.508 e.